The van der Waals surface area contributed by atoms with Crippen molar-refractivity contribution in [2.24, 2.45) is 5.92 Å². The number of nitrogens with zero attached hydrogens (tertiary/aromatic N) is 2. The zero-order valence-electron chi connectivity index (χ0n) is 9.73. The SMILES string of the molecule is Cc1nc(CNC(=O)C2CCCNC2)no1.Cl. The molecular formula is C10H17ClN4O2. The summed E-state index contributed by atoms with van der Waals surface area (Å²) < 4.78 is 4.82. The van der Waals surface area contributed by atoms with Gasteiger partial charge in [-0.2, -0.15) is 4.98 Å². The van der Waals surface area contributed by atoms with Gasteiger partial charge in [0.1, 0.15) is 0 Å². The zero-order chi connectivity index (χ0) is 11.4. The fourth-order valence-corrected chi connectivity index (χ4v) is 1.80. The van der Waals surface area contributed by atoms with Crippen molar-refractivity contribution in [3.8, 4) is 0 Å². The van der Waals surface area contributed by atoms with Crippen LogP contribution in [0.25, 0.3) is 0 Å². The molecule has 0 saturated carbocycles. The van der Waals surface area contributed by atoms with Crippen molar-refractivity contribution in [3.63, 3.8) is 0 Å². The fraction of sp³-hybridized carbons (Fsp3) is 0.700. The van der Waals surface area contributed by atoms with E-state index in [0.29, 0.717) is 18.3 Å². The number of aryl methyl sites for hydroxylation is 1. The van der Waals surface area contributed by atoms with Crippen LogP contribution in [-0.4, -0.2) is 29.1 Å². The topological polar surface area (TPSA) is 80.0 Å². The van der Waals surface area contributed by atoms with E-state index in [1.54, 1.807) is 6.92 Å². The van der Waals surface area contributed by atoms with E-state index in [2.05, 4.69) is 20.8 Å². The number of carbonyl (C=O) groups excluding carboxylic acids is 1. The Balaban J connectivity index is 0.00000144. The van der Waals surface area contributed by atoms with E-state index in [4.69, 9.17) is 4.52 Å². The van der Waals surface area contributed by atoms with Crippen LogP contribution in [0.5, 0.6) is 0 Å². The second-order valence-electron chi connectivity index (χ2n) is 3.99. The summed E-state index contributed by atoms with van der Waals surface area (Å²) in [6.45, 7) is 3.83. The van der Waals surface area contributed by atoms with Gasteiger partial charge in [-0.3, -0.25) is 4.79 Å². The summed E-state index contributed by atoms with van der Waals surface area (Å²) in [7, 11) is 0. The van der Waals surface area contributed by atoms with E-state index in [-0.39, 0.29) is 24.2 Å². The van der Waals surface area contributed by atoms with Crippen LogP contribution in [0, 0.1) is 12.8 Å². The average Bonchev–Trinajstić information content (AvgIpc) is 2.73. The second-order valence-corrected chi connectivity index (χ2v) is 3.99. The van der Waals surface area contributed by atoms with Crippen LogP contribution in [-0.2, 0) is 11.3 Å². The summed E-state index contributed by atoms with van der Waals surface area (Å²) in [5.74, 6) is 1.18. The largest absolute Gasteiger partial charge is 0.348 e. The Morgan fingerprint density at radius 3 is 3.06 bits per heavy atom. The molecule has 0 radical (unpaired) electrons. The van der Waals surface area contributed by atoms with Crippen LogP contribution >= 0.6 is 12.4 Å². The Labute approximate surface area is 106 Å². The van der Waals surface area contributed by atoms with Gasteiger partial charge in [-0.05, 0) is 19.4 Å². The van der Waals surface area contributed by atoms with Crippen LogP contribution in [0.4, 0.5) is 0 Å². The van der Waals surface area contributed by atoms with Crippen molar-refractivity contribution in [2.45, 2.75) is 26.3 Å². The molecular weight excluding hydrogens is 244 g/mol. The summed E-state index contributed by atoms with van der Waals surface area (Å²) in [5.41, 5.74) is 0. The van der Waals surface area contributed by atoms with Crippen LogP contribution in [0.15, 0.2) is 4.52 Å². The molecule has 1 saturated heterocycles. The molecule has 96 valence electrons. The maximum absolute atomic E-state index is 11.7. The lowest BCUT2D eigenvalue weighted by Gasteiger charge is -2.21. The minimum Gasteiger partial charge on any atom is -0.348 e. The summed E-state index contributed by atoms with van der Waals surface area (Å²) >= 11 is 0. The monoisotopic (exact) mass is 260 g/mol. The first-order valence-corrected chi connectivity index (χ1v) is 5.53. The van der Waals surface area contributed by atoms with Crippen LogP contribution in [0.2, 0.25) is 0 Å². The predicted molar refractivity (Wildman–Crippen MR) is 63.7 cm³/mol. The maximum atomic E-state index is 11.7. The van der Waals surface area contributed by atoms with Crippen molar-refractivity contribution in [1.82, 2.24) is 20.8 Å². The maximum Gasteiger partial charge on any atom is 0.224 e. The smallest absolute Gasteiger partial charge is 0.224 e. The van der Waals surface area contributed by atoms with E-state index < -0.39 is 0 Å². The summed E-state index contributed by atoms with van der Waals surface area (Å²) in [4.78, 5) is 15.8. The van der Waals surface area contributed by atoms with E-state index in [9.17, 15) is 4.79 Å². The third-order valence-corrected chi connectivity index (χ3v) is 2.66. The second kappa shape index (κ2) is 6.56. The summed E-state index contributed by atoms with van der Waals surface area (Å²) in [6, 6.07) is 0. The number of amides is 1. The highest BCUT2D eigenvalue weighted by Gasteiger charge is 2.20. The van der Waals surface area contributed by atoms with Gasteiger partial charge >= 0.3 is 0 Å². The van der Waals surface area contributed by atoms with E-state index >= 15 is 0 Å². The fourth-order valence-electron chi connectivity index (χ4n) is 1.80. The molecule has 2 heterocycles. The standard InChI is InChI=1S/C10H16N4O2.ClH/c1-7-13-9(14-16-7)6-12-10(15)8-3-2-4-11-5-8;/h8,11H,2-6H2,1H3,(H,12,15);1H. The number of nitrogens with one attached hydrogen (secondary N) is 2. The number of halogens is 1. The van der Waals surface area contributed by atoms with Crippen molar-refractivity contribution in [3.05, 3.63) is 11.7 Å². The number of hydrogen-bond acceptors (Lipinski definition) is 5. The van der Waals surface area contributed by atoms with Gasteiger partial charge in [0, 0.05) is 13.5 Å². The lowest BCUT2D eigenvalue weighted by Crippen LogP contribution is -2.40. The Kier molecular flexibility index (Phi) is 5.37. The molecule has 6 nitrogen and oxygen atoms in total. The van der Waals surface area contributed by atoms with Crippen molar-refractivity contribution in [1.29, 1.82) is 0 Å². The van der Waals surface area contributed by atoms with Gasteiger partial charge in [0.2, 0.25) is 11.8 Å². The molecule has 2 N–H and O–H groups in total. The van der Waals surface area contributed by atoms with Gasteiger partial charge in [0.25, 0.3) is 0 Å². The summed E-state index contributed by atoms with van der Waals surface area (Å²) in [6.07, 6.45) is 2.00. The predicted octanol–water partition coefficient (Wildman–Crippen LogP) is 0.416. The van der Waals surface area contributed by atoms with E-state index in [1.807, 2.05) is 0 Å². The number of piperidine rings is 1. The quantitative estimate of drug-likeness (QED) is 0.823. The normalized spacial score (nSPS) is 19.5. The highest BCUT2D eigenvalue weighted by molar-refractivity contribution is 5.85. The molecule has 1 aliphatic heterocycles. The van der Waals surface area contributed by atoms with E-state index in [0.717, 1.165) is 25.9 Å². The molecule has 0 aliphatic carbocycles. The first kappa shape index (κ1) is 13.9. The molecule has 0 aromatic carbocycles. The molecule has 1 aromatic rings. The summed E-state index contributed by atoms with van der Waals surface area (Å²) in [5, 5.41) is 9.74. The van der Waals surface area contributed by atoms with Gasteiger partial charge in [-0.25, -0.2) is 0 Å². The number of hydrogen-bond donors (Lipinski definition) is 2. The van der Waals surface area contributed by atoms with Gasteiger partial charge < -0.3 is 15.2 Å². The third kappa shape index (κ3) is 3.98. The molecule has 1 aliphatic rings. The highest BCUT2D eigenvalue weighted by atomic mass is 35.5. The van der Waals surface area contributed by atoms with Crippen molar-refractivity contribution < 1.29 is 9.32 Å². The Bertz CT molecular complexity index is 363. The highest BCUT2D eigenvalue weighted by Crippen LogP contribution is 2.09. The lowest BCUT2D eigenvalue weighted by atomic mass is 9.99. The van der Waals surface area contributed by atoms with E-state index in [1.165, 1.54) is 0 Å². The Morgan fingerprint density at radius 2 is 2.47 bits per heavy atom. The Morgan fingerprint density at radius 1 is 1.65 bits per heavy atom. The van der Waals surface area contributed by atoms with Gasteiger partial charge in [0.15, 0.2) is 5.82 Å². The number of rotatable bonds is 3. The molecule has 1 amide bonds. The molecule has 1 unspecified atom stereocenters. The van der Waals surface area contributed by atoms with Crippen LogP contribution in [0.1, 0.15) is 24.6 Å². The minimum atomic E-state index is 0. The first-order valence-electron chi connectivity index (χ1n) is 5.53. The van der Waals surface area contributed by atoms with Crippen molar-refractivity contribution in [2.75, 3.05) is 13.1 Å². The van der Waals surface area contributed by atoms with Gasteiger partial charge in [-0.1, -0.05) is 5.16 Å². The molecule has 0 bridgehead atoms. The van der Waals surface area contributed by atoms with Crippen molar-refractivity contribution >= 4 is 18.3 Å². The average molecular weight is 261 g/mol. The minimum absolute atomic E-state index is 0. The number of carbonyl (C=O) groups is 1. The Hall–Kier alpha value is -1.14. The van der Waals surface area contributed by atoms with Crippen LogP contribution in [0.3, 0.4) is 0 Å². The third-order valence-electron chi connectivity index (χ3n) is 2.66. The lowest BCUT2D eigenvalue weighted by molar-refractivity contribution is -0.125. The molecule has 7 heteroatoms. The molecule has 17 heavy (non-hydrogen) atoms. The molecule has 1 fully saturated rings. The molecule has 0 spiro atoms. The number of aromatic nitrogens is 2. The molecule has 1 atom stereocenters. The zero-order valence-corrected chi connectivity index (χ0v) is 10.5. The first-order chi connectivity index (χ1) is 7.75. The van der Waals surface area contributed by atoms with Gasteiger partial charge in [-0.15, -0.1) is 12.4 Å². The molecule has 2 rings (SSSR count). The molecule has 1 aromatic heterocycles. The van der Waals surface area contributed by atoms with Crippen LogP contribution < -0.4 is 10.6 Å². The van der Waals surface area contributed by atoms with Gasteiger partial charge in [0.05, 0.1) is 12.5 Å².